The first kappa shape index (κ1) is 16.7. The molecule has 0 radical (unpaired) electrons. The number of hydrogen-bond donors (Lipinski definition) is 0. The average molecular weight is 329 g/mol. The van der Waals surface area contributed by atoms with Gasteiger partial charge in [-0.05, 0) is 25.1 Å². The number of nitrogens with zero attached hydrogens (tertiary/aromatic N) is 1. The monoisotopic (exact) mass is 329 g/mol. The summed E-state index contributed by atoms with van der Waals surface area (Å²) < 4.78 is 42.0. The topological polar surface area (TPSA) is 82.1 Å². The van der Waals surface area contributed by atoms with Crippen LogP contribution >= 0.6 is 0 Å². The molecule has 7 nitrogen and oxygen atoms in total. The molecule has 8 heteroatoms. The lowest BCUT2D eigenvalue weighted by Gasteiger charge is -2.26. The highest BCUT2D eigenvalue weighted by atomic mass is 32.2. The molecular formula is C14H19NO6S. The lowest BCUT2D eigenvalue weighted by molar-refractivity contribution is 0.0526. The Morgan fingerprint density at radius 1 is 1.32 bits per heavy atom. The van der Waals surface area contributed by atoms with Gasteiger partial charge in [-0.15, -0.1) is 0 Å². The highest BCUT2D eigenvalue weighted by Gasteiger charge is 2.30. The summed E-state index contributed by atoms with van der Waals surface area (Å²) in [5, 5.41) is 0. The summed E-state index contributed by atoms with van der Waals surface area (Å²) in [7, 11) is -2.37. The lowest BCUT2D eigenvalue weighted by atomic mass is 10.2. The Morgan fingerprint density at radius 2 is 2.00 bits per heavy atom. The van der Waals surface area contributed by atoms with E-state index in [-0.39, 0.29) is 35.9 Å². The number of sulfonamides is 1. The third-order valence-electron chi connectivity index (χ3n) is 3.26. The number of benzene rings is 1. The van der Waals surface area contributed by atoms with Gasteiger partial charge in [0.25, 0.3) is 0 Å². The maximum Gasteiger partial charge on any atom is 0.338 e. The number of morpholine rings is 1. The fourth-order valence-electron chi connectivity index (χ4n) is 2.15. The second-order valence-electron chi connectivity index (χ2n) is 4.60. The molecule has 1 saturated heterocycles. The molecule has 0 spiro atoms. The molecule has 1 aliphatic heterocycles. The molecule has 0 aromatic heterocycles. The maximum atomic E-state index is 12.7. The van der Waals surface area contributed by atoms with Gasteiger partial charge in [-0.25, -0.2) is 13.2 Å². The Labute approximate surface area is 129 Å². The molecular weight excluding hydrogens is 310 g/mol. The number of hydrogen-bond acceptors (Lipinski definition) is 6. The van der Waals surface area contributed by atoms with Gasteiger partial charge < -0.3 is 14.2 Å². The van der Waals surface area contributed by atoms with Gasteiger partial charge in [-0.2, -0.15) is 4.31 Å². The summed E-state index contributed by atoms with van der Waals surface area (Å²) in [4.78, 5) is 11.8. The molecule has 1 fully saturated rings. The Kier molecular flexibility index (Phi) is 5.38. The Balaban J connectivity index is 2.42. The van der Waals surface area contributed by atoms with Gasteiger partial charge in [-0.3, -0.25) is 0 Å². The van der Waals surface area contributed by atoms with Crippen LogP contribution in [0.15, 0.2) is 23.1 Å². The number of carbonyl (C=O) groups excluding carboxylic acids is 1. The average Bonchev–Trinajstić information content (AvgIpc) is 2.55. The zero-order chi connectivity index (χ0) is 16.2. The minimum atomic E-state index is -3.76. The first-order chi connectivity index (χ1) is 10.5. The van der Waals surface area contributed by atoms with E-state index in [1.54, 1.807) is 6.92 Å². The fraction of sp³-hybridized carbons (Fsp3) is 0.500. The van der Waals surface area contributed by atoms with Crippen molar-refractivity contribution in [2.45, 2.75) is 11.8 Å². The molecule has 1 aromatic rings. The first-order valence-electron chi connectivity index (χ1n) is 6.93. The summed E-state index contributed by atoms with van der Waals surface area (Å²) in [6, 6.07) is 4.23. The first-order valence-corrected chi connectivity index (χ1v) is 8.37. The van der Waals surface area contributed by atoms with E-state index in [9.17, 15) is 13.2 Å². The Hall–Kier alpha value is -1.64. The predicted molar refractivity (Wildman–Crippen MR) is 78.5 cm³/mol. The van der Waals surface area contributed by atoms with Crippen LogP contribution in [-0.2, 0) is 19.5 Å². The third-order valence-corrected chi connectivity index (χ3v) is 5.18. The molecule has 1 heterocycles. The molecule has 0 atom stereocenters. The van der Waals surface area contributed by atoms with Crippen LogP contribution in [0.3, 0.4) is 0 Å². The van der Waals surface area contributed by atoms with Crippen LogP contribution in [0.25, 0.3) is 0 Å². The number of rotatable bonds is 5. The number of esters is 1. The predicted octanol–water partition coefficient (Wildman–Crippen LogP) is 0.893. The van der Waals surface area contributed by atoms with Gasteiger partial charge >= 0.3 is 5.97 Å². The van der Waals surface area contributed by atoms with Crippen molar-refractivity contribution < 1.29 is 27.4 Å². The van der Waals surface area contributed by atoms with Crippen LogP contribution in [0.5, 0.6) is 5.75 Å². The van der Waals surface area contributed by atoms with E-state index in [1.165, 1.54) is 29.6 Å². The van der Waals surface area contributed by atoms with Crippen LogP contribution in [0, 0.1) is 0 Å². The summed E-state index contributed by atoms with van der Waals surface area (Å²) >= 11 is 0. The second-order valence-corrected chi connectivity index (χ2v) is 6.51. The molecule has 0 saturated carbocycles. The van der Waals surface area contributed by atoms with Crippen molar-refractivity contribution >= 4 is 16.0 Å². The maximum absolute atomic E-state index is 12.7. The minimum Gasteiger partial charge on any atom is -0.495 e. The molecule has 2 rings (SSSR count). The Morgan fingerprint density at radius 3 is 2.59 bits per heavy atom. The van der Waals surface area contributed by atoms with Crippen LogP contribution in [0.1, 0.15) is 17.3 Å². The smallest absolute Gasteiger partial charge is 0.338 e. The van der Waals surface area contributed by atoms with Gasteiger partial charge in [0.2, 0.25) is 10.0 Å². The highest BCUT2D eigenvalue weighted by Crippen LogP contribution is 2.28. The van der Waals surface area contributed by atoms with Crippen molar-refractivity contribution in [1.29, 1.82) is 0 Å². The molecule has 0 aliphatic carbocycles. The quantitative estimate of drug-likeness (QED) is 0.746. The van der Waals surface area contributed by atoms with Crippen molar-refractivity contribution in [3.05, 3.63) is 23.8 Å². The molecule has 122 valence electrons. The minimum absolute atomic E-state index is 0.0394. The summed E-state index contributed by atoms with van der Waals surface area (Å²) in [5.41, 5.74) is 0.175. The van der Waals surface area contributed by atoms with E-state index in [4.69, 9.17) is 14.2 Å². The normalized spacial score (nSPS) is 16.3. The third kappa shape index (κ3) is 3.40. The van der Waals surface area contributed by atoms with Gasteiger partial charge in [-0.1, -0.05) is 0 Å². The Bertz CT molecular complexity index is 637. The SMILES string of the molecule is CCOC(=O)c1ccc(OC)c(S(=O)(=O)N2CCOCC2)c1. The van der Waals surface area contributed by atoms with E-state index >= 15 is 0 Å². The van der Waals surface area contributed by atoms with Crippen LogP contribution in [0.2, 0.25) is 0 Å². The van der Waals surface area contributed by atoms with E-state index in [2.05, 4.69) is 0 Å². The van der Waals surface area contributed by atoms with Crippen molar-refractivity contribution in [3.63, 3.8) is 0 Å². The zero-order valence-electron chi connectivity index (χ0n) is 12.6. The van der Waals surface area contributed by atoms with Crippen molar-refractivity contribution in [2.75, 3.05) is 40.0 Å². The van der Waals surface area contributed by atoms with Crippen molar-refractivity contribution in [2.24, 2.45) is 0 Å². The van der Waals surface area contributed by atoms with E-state index in [0.717, 1.165) is 0 Å². The molecule has 0 bridgehead atoms. The van der Waals surface area contributed by atoms with Gasteiger partial charge in [0.05, 0.1) is 32.5 Å². The van der Waals surface area contributed by atoms with Gasteiger partial charge in [0.15, 0.2) is 0 Å². The van der Waals surface area contributed by atoms with E-state index < -0.39 is 16.0 Å². The zero-order valence-corrected chi connectivity index (χ0v) is 13.4. The van der Waals surface area contributed by atoms with E-state index in [1.807, 2.05) is 0 Å². The van der Waals surface area contributed by atoms with E-state index in [0.29, 0.717) is 13.2 Å². The lowest BCUT2D eigenvalue weighted by Crippen LogP contribution is -2.40. The number of methoxy groups -OCH3 is 1. The largest absolute Gasteiger partial charge is 0.495 e. The molecule has 0 amide bonds. The molecule has 1 aliphatic rings. The van der Waals surface area contributed by atoms with Crippen LogP contribution < -0.4 is 4.74 Å². The molecule has 1 aromatic carbocycles. The van der Waals surface area contributed by atoms with Crippen molar-refractivity contribution in [3.8, 4) is 5.75 Å². The molecule has 22 heavy (non-hydrogen) atoms. The van der Waals surface area contributed by atoms with Gasteiger partial charge in [0, 0.05) is 13.1 Å². The van der Waals surface area contributed by atoms with Crippen LogP contribution in [-0.4, -0.2) is 58.7 Å². The molecule has 0 unspecified atom stereocenters. The highest BCUT2D eigenvalue weighted by molar-refractivity contribution is 7.89. The summed E-state index contributed by atoms with van der Waals surface area (Å²) in [5.74, 6) is -0.372. The molecule has 0 N–H and O–H groups in total. The fourth-order valence-corrected chi connectivity index (χ4v) is 3.74. The van der Waals surface area contributed by atoms with Crippen LogP contribution in [0.4, 0.5) is 0 Å². The second kappa shape index (κ2) is 7.08. The number of carbonyl (C=O) groups is 1. The summed E-state index contributed by atoms with van der Waals surface area (Å²) in [6.45, 7) is 3.14. The van der Waals surface area contributed by atoms with Gasteiger partial charge in [0.1, 0.15) is 10.6 Å². The van der Waals surface area contributed by atoms with Crippen molar-refractivity contribution in [1.82, 2.24) is 4.31 Å². The number of ether oxygens (including phenoxy) is 3. The summed E-state index contributed by atoms with van der Waals surface area (Å²) in [6.07, 6.45) is 0. The standard InChI is InChI=1S/C14H19NO6S/c1-3-21-14(16)11-4-5-12(19-2)13(10-11)22(17,18)15-6-8-20-9-7-15/h4-5,10H,3,6-9H2,1-2H3.